The first-order chi connectivity index (χ1) is 8.97. The van der Waals surface area contributed by atoms with E-state index in [1.54, 1.807) is 18.5 Å². The molecule has 0 spiro atoms. The molecule has 1 aromatic heterocycles. The summed E-state index contributed by atoms with van der Waals surface area (Å²) in [5.41, 5.74) is 2.03. The Morgan fingerprint density at radius 1 is 1.05 bits per heavy atom. The molecule has 98 valence electrons. The van der Waals surface area contributed by atoms with Gasteiger partial charge in [-0.3, -0.25) is 4.79 Å². The number of benzene rings is 1. The van der Waals surface area contributed by atoms with Gasteiger partial charge in [-0.15, -0.1) is 0 Å². The van der Waals surface area contributed by atoms with Crippen molar-refractivity contribution in [2.45, 2.75) is 32.6 Å². The maximum absolute atomic E-state index is 12.1. The summed E-state index contributed by atoms with van der Waals surface area (Å²) in [4.78, 5) is 20.2. The average Bonchev–Trinajstić information content (AvgIpc) is 2.39. The van der Waals surface area contributed by atoms with Crippen LogP contribution in [-0.2, 0) is 11.8 Å². The maximum Gasteiger partial charge on any atom is 0.170 e. The molecule has 19 heavy (non-hydrogen) atoms. The molecule has 2 aromatic rings. The van der Waals surface area contributed by atoms with Crippen LogP contribution in [0.25, 0.3) is 0 Å². The summed E-state index contributed by atoms with van der Waals surface area (Å²) >= 11 is 0. The second-order valence-corrected chi connectivity index (χ2v) is 5.59. The molecule has 0 atom stereocenters. The highest BCUT2D eigenvalue weighted by Crippen LogP contribution is 2.22. The van der Waals surface area contributed by atoms with Gasteiger partial charge in [-0.2, -0.15) is 0 Å². The fourth-order valence-electron chi connectivity index (χ4n) is 1.82. The molecular weight excluding hydrogens is 236 g/mol. The molecule has 0 amide bonds. The molecular formula is C16H18N2O. The largest absolute Gasteiger partial charge is 0.294 e. The molecule has 0 fully saturated rings. The van der Waals surface area contributed by atoms with E-state index in [1.807, 2.05) is 24.3 Å². The van der Waals surface area contributed by atoms with Crippen LogP contribution in [0.15, 0.2) is 42.7 Å². The van der Waals surface area contributed by atoms with Crippen molar-refractivity contribution in [3.8, 4) is 0 Å². The van der Waals surface area contributed by atoms with Gasteiger partial charge in [0.2, 0.25) is 0 Å². The third kappa shape index (κ3) is 3.47. The van der Waals surface area contributed by atoms with E-state index < -0.39 is 0 Å². The highest BCUT2D eigenvalue weighted by molar-refractivity contribution is 5.97. The zero-order chi connectivity index (χ0) is 13.9. The molecule has 1 heterocycles. The van der Waals surface area contributed by atoms with Gasteiger partial charge < -0.3 is 0 Å². The first-order valence-corrected chi connectivity index (χ1v) is 6.36. The predicted octanol–water partition coefficient (Wildman–Crippen LogP) is 3.20. The van der Waals surface area contributed by atoms with Crippen LogP contribution in [0.4, 0.5) is 0 Å². The molecule has 1 aromatic carbocycles. The van der Waals surface area contributed by atoms with E-state index in [0.717, 1.165) is 0 Å². The van der Waals surface area contributed by atoms with Crippen molar-refractivity contribution in [3.63, 3.8) is 0 Å². The second-order valence-electron chi connectivity index (χ2n) is 5.59. The van der Waals surface area contributed by atoms with Gasteiger partial charge >= 0.3 is 0 Å². The highest BCUT2D eigenvalue weighted by Gasteiger charge is 2.14. The van der Waals surface area contributed by atoms with E-state index in [4.69, 9.17) is 0 Å². The molecule has 3 heteroatoms. The second kappa shape index (κ2) is 5.31. The molecule has 0 saturated heterocycles. The van der Waals surface area contributed by atoms with Crippen LogP contribution < -0.4 is 0 Å². The Bertz CT molecular complexity index is 554. The Balaban J connectivity index is 2.12. The van der Waals surface area contributed by atoms with Crippen LogP contribution in [0.3, 0.4) is 0 Å². The highest BCUT2D eigenvalue weighted by atomic mass is 16.1. The van der Waals surface area contributed by atoms with Gasteiger partial charge in [0, 0.05) is 18.0 Å². The smallest absolute Gasteiger partial charge is 0.170 e. The zero-order valence-corrected chi connectivity index (χ0v) is 11.6. The Morgan fingerprint density at radius 3 is 2.16 bits per heavy atom. The summed E-state index contributed by atoms with van der Waals surface area (Å²) in [7, 11) is 0. The van der Waals surface area contributed by atoms with Gasteiger partial charge in [-0.1, -0.05) is 45.0 Å². The fourth-order valence-corrected chi connectivity index (χ4v) is 1.82. The molecule has 3 nitrogen and oxygen atoms in total. The number of nitrogens with zero attached hydrogens (tertiary/aromatic N) is 2. The van der Waals surface area contributed by atoms with Crippen molar-refractivity contribution in [2.75, 3.05) is 0 Å². The lowest BCUT2D eigenvalue weighted by molar-refractivity contribution is 0.0990. The van der Waals surface area contributed by atoms with Crippen LogP contribution in [0.5, 0.6) is 0 Å². The number of aromatic nitrogens is 2. The lowest BCUT2D eigenvalue weighted by Crippen LogP contribution is -2.12. The summed E-state index contributed by atoms with van der Waals surface area (Å²) < 4.78 is 0. The van der Waals surface area contributed by atoms with Crippen LogP contribution in [0.2, 0.25) is 0 Å². The Hall–Kier alpha value is -2.03. The molecule has 0 unspecified atom stereocenters. The van der Waals surface area contributed by atoms with Gasteiger partial charge in [0.15, 0.2) is 5.78 Å². The van der Waals surface area contributed by atoms with E-state index in [9.17, 15) is 4.79 Å². The van der Waals surface area contributed by atoms with Gasteiger partial charge in [0.1, 0.15) is 5.82 Å². The molecule has 2 rings (SSSR count). The Kier molecular flexibility index (Phi) is 3.74. The first kappa shape index (κ1) is 13.4. The van der Waals surface area contributed by atoms with Crippen molar-refractivity contribution < 1.29 is 4.79 Å². The number of carbonyl (C=O) groups is 1. The van der Waals surface area contributed by atoms with Crippen molar-refractivity contribution in [1.82, 2.24) is 9.97 Å². The number of rotatable bonds is 3. The lowest BCUT2D eigenvalue weighted by atomic mass is 9.86. The molecule has 0 radical (unpaired) electrons. The Morgan fingerprint density at radius 2 is 1.63 bits per heavy atom. The van der Waals surface area contributed by atoms with Crippen molar-refractivity contribution in [3.05, 3.63) is 59.7 Å². The molecule has 0 aliphatic carbocycles. The summed E-state index contributed by atoms with van der Waals surface area (Å²) in [6.07, 6.45) is 3.55. The number of ketones is 1. The van der Waals surface area contributed by atoms with Crippen LogP contribution >= 0.6 is 0 Å². The van der Waals surface area contributed by atoms with Crippen LogP contribution in [0.1, 0.15) is 42.5 Å². The molecule has 0 saturated carbocycles. The SMILES string of the molecule is CC(C)(C)c1ccc(C(=O)Cc2ncccn2)cc1. The predicted molar refractivity (Wildman–Crippen MR) is 75.2 cm³/mol. The van der Waals surface area contributed by atoms with E-state index in [1.165, 1.54) is 5.56 Å². The number of hydrogen-bond acceptors (Lipinski definition) is 3. The average molecular weight is 254 g/mol. The summed E-state index contributed by atoms with van der Waals surface area (Å²) in [5.74, 6) is 0.610. The third-order valence-electron chi connectivity index (χ3n) is 3.01. The number of hydrogen-bond donors (Lipinski definition) is 0. The van der Waals surface area contributed by atoms with Gasteiger partial charge in [0.05, 0.1) is 6.42 Å². The normalized spacial score (nSPS) is 11.3. The fraction of sp³-hybridized carbons (Fsp3) is 0.312. The maximum atomic E-state index is 12.1. The van der Waals surface area contributed by atoms with Crippen molar-refractivity contribution in [2.24, 2.45) is 0 Å². The minimum absolute atomic E-state index is 0.0478. The number of carbonyl (C=O) groups excluding carboxylic acids is 1. The van der Waals surface area contributed by atoms with Gasteiger partial charge in [-0.25, -0.2) is 9.97 Å². The summed E-state index contributed by atoms with van der Waals surface area (Å²) in [6.45, 7) is 6.46. The Labute approximate surface area is 113 Å². The van der Waals surface area contributed by atoms with Gasteiger partial charge in [0.25, 0.3) is 0 Å². The van der Waals surface area contributed by atoms with Crippen molar-refractivity contribution >= 4 is 5.78 Å². The zero-order valence-electron chi connectivity index (χ0n) is 11.6. The third-order valence-corrected chi connectivity index (χ3v) is 3.01. The lowest BCUT2D eigenvalue weighted by Gasteiger charge is -2.18. The molecule has 0 aliphatic rings. The standard InChI is InChI=1S/C16H18N2O/c1-16(2,3)13-7-5-12(6-8-13)14(19)11-15-17-9-4-10-18-15/h4-10H,11H2,1-3H3. The van der Waals surface area contributed by atoms with E-state index in [-0.39, 0.29) is 17.6 Å². The minimum atomic E-state index is 0.0478. The van der Waals surface area contributed by atoms with Crippen LogP contribution in [0, 0.1) is 0 Å². The summed E-state index contributed by atoms with van der Waals surface area (Å²) in [5, 5.41) is 0. The number of Topliss-reactive ketones (excluding diaryl/α,β-unsaturated/α-hetero) is 1. The van der Waals surface area contributed by atoms with E-state index in [2.05, 4.69) is 30.7 Å². The minimum Gasteiger partial charge on any atom is -0.294 e. The monoisotopic (exact) mass is 254 g/mol. The van der Waals surface area contributed by atoms with Crippen molar-refractivity contribution in [1.29, 1.82) is 0 Å². The molecule has 0 N–H and O–H groups in total. The van der Waals surface area contributed by atoms with Gasteiger partial charge in [-0.05, 0) is 17.0 Å². The quantitative estimate of drug-likeness (QED) is 0.790. The van der Waals surface area contributed by atoms with E-state index >= 15 is 0 Å². The molecule has 0 aliphatic heterocycles. The van der Waals surface area contributed by atoms with E-state index in [0.29, 0.717) is 11.4 Å². The summed E-state index contributed by atoms with van der Waals surface area (Å²) in [6, 6.07) is 9.53. The molecule has 0 bridgehead atoms. The van der Waals surface area contributed by atoms with Crippen LogP contribution in [-0.4, -0.2) is 15.8 Å². The first-order valence-electron chi connectivity index (χ1n) is 6.36. The topological polar surface area (TPSA) is 42.9 Å².